The topological polar surface area (TPSA) is 99.9 Å². The number of hydrogen-bond donors (Lipinski definition) is 1. The highest BCUT2D eigenvalue weighted by molar-refractivity contribution is 6.03. The largest absolute Gasteiger partial charge is 0.508 e. The first-order valence-corrected chi connectivity index (χ1v) is 16.8. The summed E-state index contributed by atoms with van der Waals surface area (Å²) in [6.45, 7) is 4.19. The van der Waals surface area contributed by atoms with E-state index in [1.165, 1.54) is 35.2 Å². The molecule has 10 nitrogen and oxygen atoms in total. The number of aromatic nitrogens is 4. The number of fused-ring (bicyclic) bond motifs is 3. The smallest absolute Gasteiger partial charge is 0.319 e. The molecule has 13 heteroatoms. The van der Waals surface area contributed by atoms with Gasteiger partial charge in [0.15, 0.2) is 11.5 Å². The Morgan fingerprint density at radius 2 is 1.80 bits per heavy atom. The van der Waals surface area contributed by atoms with Crippen LogP contribution < -0.4 is 9.64 Å². The number of aryl methyl sites for hydroxylation is 2. The first-order valence-electron chi connectivity index (χ1n) is 16.8. The average Bonchev–Trinajstić information content (AvgIpc) is 3.76. The Balaban J connectivity index is 1.40. The molecule has 50 heavy (non-hydrogen) atoms. The Bertz CT molecular complexity index is 2150. The summed E-state index contributed by atoms with van der Waals surface area (Å²) in [7, 11) is 7.32. The van der Waals surface area contributed by atoms with E-state index in [2.05, 4.69) is 15.0 Å². The highest BCUT2D eigenvalue weighted by Crippen LogP contribution is 2.47. The van der Waals surface area contributed by atoms with Gasteiger partial charge in [0.1, 0.15) is 28.7 Å². The number of carbonyl (C=O) groups excluding carboxylic acids is 1. The molecule has 0 radical (unpaired) electrons. The lowest BCUT2D eigenvalue weighted by atomic mass is 9.91. The first-order chi connectivity index (χ1) is 23.9. The van der Waals surface area contributed by atoms with Crippen LogP contribution in [0.4, 0.5) is 19.0 Å². The van der Waals surface area contributed by atoms with E-state index in [0.29, 0.717) is 42.6 Å². The molecular formula is C37H40F3N7O3. The normalized spacial score (nSPS) is 15.4. The second-order valence-corrected chi connectivity index (χ2v) is 14.0. The van der Waals surface area contributed by atoms with Crippen molar-refractivity contribution >= 4 is 33.4 Å². The molecule has 262 valence electrons. The van der Waals surface area contributed by atoms with Crippen LogP contribution in [0.25, 0.3) is 32.8 Å². The summed E-state index contributed by atoms with van der Waals surface area (Å²) in [5, 5.41) is 16.0. The molecule has 1 aliphatic carbocycles. The van der Waals surface area contributed by atoms with E-state index >= 15 is 13.2 Å². The van der Waals surface area contributed by atoms with Crippen molar-refractivity contribution in [2.24, 2.45) is 5.41 Å². The lowest BCUT2D eigenvalue weighted by Crippen LogP contribution is -2.28. The van der Waals surface area contributed by atoms with Gasteiger partial charge in [0.25, 0.3) is 5.91 Å². The molecule has 1 fully saturated rings. The summed E-state index contributed by atoms with van der Waals surface area (Å²) in [6, 6.07) is 8.37. The maximum Gasteiger partial charge on any atom is 0.319 e. The zero-order valence-corrected chi connectivity index (χ0v) is 28.9. The molecule has 1 amide bonds. The number of benzene rings is 3. The van der Waals surface area contributed by atoms with Crippen molar-refractivity contribution in [3.63, 3.8) is 0 Å². The van der Waals surface area contributed by atoms with E-state index in [4.69, 9.17) is 9.72 Å². The van der Waals surface area contributed by atoms with Crippen LogP contribution >= 0.6 is 0 Å². The Kier molecular flexibility index (Phi) is 8.57. The Morgan fingerprint density at radius 1 is 1.02 bits per heavy atom. The molecule has 0 atom stereocenters. The Labute approximate surface area is 288 Å². The lowest BCUT2D eigenvalue weighted by molar-refractivity contribution is 0.0821. The fourth-order valence-electron chi connectivity index (χ4n) is 7.15. The zero-order chi connectivity index (χ0) is 35.5. The molecule has 2 aliphatic rings. The van der Waals surface area contributed by atoms with Crippen molar-refractivity contribution in [1.29, 1.82) is 0 Å². The minimum absolute atomic E-state index is 0.0237. The monoisotopic (exact) mass is 687 g/mol. The van der Waals surface area contributed by atoms with E-state index in [9.17, 15) is 9.90 Å². The van der Waals surface area contributed by atoms with Gasteiger partial charge >= 0.3 is 6.01 Å². The average molecular weight is 688 g/mol. The van der Waals surface area contributed by atoms with Gasteiger partial charge in [0.2, 0.25) is 0 Å². The van der Waals surface area contributed by atoms with Crippen molar-refractivity contribution in [1.82, 2.24) is 29.5 Å². The number of phenolic OH excluding ortho intramolecular Hbond substituents is 1. The summed E-state index contributed by atoms with van der Waals surface area (Å²) in [6.07, 6.45) is 2.84. The van der Waals surface area contributed by atoms with Crippen LogP contribution in [0.15, 0.2) is 36.4 Å². The molecule has 3 aromatic carbocycles. The Hall–Kier alpha value is -4.91. The standard InChI is InChI=1S/C37H40F3N7O3/c1-6-24-27(38)9-8-21-14-23(48)16-25(30(21)24)31-28(39)17-26-33(32(31)40)41-36(50-20-37(10-11-37)19-44(2)3)42-34(26)46-12-7-13-47-22(18-46)15-29(43-47)35(49)45(4)5/h8-9,14-17,48H,6-7,10-13,18-20H2,1-5H3. The molecule has 7 rings (SSSR count). The van der Waals surface area contributed by atoms with E-state index in [-0.39, 0.29) is 63.9 Å². The number of aromatic hydroxyl groups is 1. The van der Waals surface area contributed by atoms with Gasteiger partial charge in [-0.25, -0.2) is 13.2 Å². The van der Waals surface area contributed by atoms with E-state index in [0.717, 1.165) is 25.1 Å². The summed E-state index contributed by atoms with van der Waals surface area (Å²) >= 11 is 0. The highest BCUT2D eigenvalue weighted by Gasteiger charge is 2.44. The van der Waals surface area contributed by atoms with Gasteiger partial charge in [0.05, 0.1) is 24.4 Å². The van der Waals surface area contributed by atoms with E-state index in [1.807, 2.05) is 19.0 Å². The van der Waals surface area contributed by atoms with E-state index < -0.39 is 23.0 Å². The summed E-state index contributed by atoms with van der Waals surface area (Å²) in [5.41, 5.74) is 0.709. The minimum Gasteiger partial charge on any atom is -0.508 e. The van der Waals surface area contributed by atoms with E-state index in [1.54, 1.807) is 31.8 Å². The van der Waals surface area contributed by atoms with Crippen LogP contribution in [0, 0.1) is 22.9 Å². The maximum atomic E-state index is 17.0. The van der Waals surface area contributed by atoms with Crippen LogP contribution in [0.3, 0.4) is 0 Å². The number of phenols is 1. The molecule has 5 aromatic rings. The third-order valence-electron chi connectivity index (χ3n) is 9.67. The fourth-order valence-corrected chi connectivity index (χ4v) is 7.15. The van der Waals surface area contributed by atoms with Crippen molar-refractivity contribution in [3.8, 4) is 22.9 Å². The van der Waals surface area contributed by atoms with Gasteiger partial charge in [-0.05, 0) is 92.0 Å². The van der Waals surface area contributed by atoms with Gasteiger partial charge in [-0.15, -0.1) is 0 Å². The van der Waals surface area contributed by atoms with Gasteiger partial charge < -0.3 is 24.5 Å². The summed E-state index contributed by atoms with van der Waals surface area (Å²) in [5.74, 6) is -2.54. The first kappa shape index (κ1) is 33.6. The molecule has 0 unspecified atom stereocenters. The molecular weight excluding hydrogens is 647 g/mol. The van der Waals surface area contributed by atoms with Gasteiger partial charge in [-0.2, -0.15) is 15.1 Å². The molecule has 1 N–H and O–H groups in total. The molecule has 1 saturated carbocycles. The molecule has 0 bridgehead atoms. The quantitative estimate of drug-likeness (QED) is 0.197. The number of ether oxygens (including phenoxy) is 1. The zero-order valence-electron chi connectivity index (χ0n) is 28.9. The third kappa shape index (κ3) is 6.08. The van der Waals surface area contributed by atoms with Crippen LogP contribution in [-0.4, -0.2) is 88.4 Å². The van der Waals surface area contributed by atoms with Gasteiger partial charge in [0, 0.05) is 44.5 Å². The second kappa shape index (κ2) is 12.8. The van der Waals surface area contributed by atoms with Crippen LogP contribution in [-0.2, 0) is 19.5 Å². The number of anilines is 1. The van der Waals surface area contributed by atoms with Gasteiger partial charge in [-0.1, -0.05) is 13.0 Å². The maximum absolute atomic E-state index is 17.0. The summed E-state index contributed by atoms with van der Waals surface area (Å²) in [4.78, 5) is 27.5. The van der Waals surface area contributed by atoms with Crippen molar-refractivity contribution < 1.29 is 27.8 Å². The van der Waals surface area contributed by atoms with Crippen LogP contribution in [0.1, 0.15) is 47.9 Å². The van der Waals surface area contributed by atoms with Crippen molar-refractivity contribution in [2.75, 3.05) is 52.8 Å². The van der Waals surface area contributed by atoms with Gasteiger partial charge in [-0.3, -0.25) is 9.48 Å². The number of carbonyl (C=O) groups is 1. The molecule has 0 spiro atoms. The second-order valence-electron chi connectivity index (χ2n) is 14.0. The number of halogens is 3. The molecule has 3 heterocycles. The molecule has 1 aliphatic heterocycles. The highest BCUT2D eigenvalue weighted by atomic mass is 19.1. The fraction of sp³-hybridized carbons (Fsp3) is 0.405. The number of nitrogens with zero attached hydrogens (tertiary/aromatic N) is 7. The van der Waals surface area contributed by atoms with Crippen LogP contribution in [0.5, 0.6) is 11.8 Å². The Morgan fingerprint density at radius 3 is 2.50 bits per heavy atom. The number of hydrogen-bond acceptors (Lipinski definition) is 8. The summed E-state index contributed by atoms with van der Waals surface area (Å²) < 4.78 is 56.5. The predicted molar refractivity (Wildman–Crippen MR) is 185 cm³/mol. The minimum atomic E-state index is -0.972. The number of rotatable bonds is 9. The predicted octanol–water partition coefficient (Wildman–Crippen LogP) is 6.16. The number of amides is 1. The molecule has 0 saturated heterocycles. The third-order valence-corrected chi connectivity index (χ3v) is 9.67. The van der Waals surface area contributed by atoms with Crippen molar-refractivity contribution in [2.45, 2.75) is 45.7 Å². The SMILES string of the molecule is CCc1c(F)ccc2cc(O)cc(-c3c(F)cc4c(N5CCCn6nc(C(=O)N(C)C)cc6C5)nc(OCC5(CN(C)C)CC5)nc4c3F)c12. The molecule has 2 aromatic heterocycles. The van der Waals surface area contributed by atoms with Crippen LogP contribution in [0.2, 0.25) is 0 Å². The lowest BCUT2D eigenvalue weighted by Gasteiger charge is -2.24. The van der Waals surface area contributed by atoms with Crippen molar-refractivity contribution in [3.05, 3.63) is 70.8 Å².